The van der Waals surface area contributed by atoms with Crippen molar-refractivity contribution in [1.29, 1.82) is 5.26 Å². The summed E-state index contributed by atoms with van der Waals surface area (Å²) in [6.45, 7) is 7.04. The van der Waals surface area contributed by atoms with Gasteiger partial charge in [0.2, 0.25) is 17.7 Å². The smallest absolute Gasteiger partial charge is 0.419 e. The van der Waals surface area contributed by atoms with Crippen molar-refractivity contribution in [2.75, 3.05) is 34.8 Å². The number of imide groups is 1. The van der Waals surface area contributed by atoms with Crippen LogP contribution in [-0.4, -0.2) is 75.4 Å². The lowest BCUT2D eigenvalue weighted by Crippen LogP contribution is -2.51. The van der Waals surface area contributed by atoms with E-state index in [1.165, 1.54) is 6.07 Å². The first-order valence-electron chi connectivity index (χ1n) is 19.8. The van der Waals surface area contributed by atoms with Crippen LogP contribution in [-0.2, 0) is 31.8 Å². The molecule has 0 radical (unpaired) electrons. The van der Waals surface area contributed by atoms with E-state index in [-0.39, 0.29) is 53.3 Å². The minimum Gasteiger partial charge on any atom is -0.493 e. The van der Waals surface area contributed by atoms with Gasteiger partial charge in [0, 0.05) is 28.7 Å². The van der Waals surface area contributed by atoms with E-state index < -0.39 is 40.5 Å². The molecule has 19 heteroatoms. The number of carbonyl (C=O) groups is 4. The molecule has 3 aliphatic heterocycles. The number of rotatable bonds is 12. The molecule has 2 aromatic carbocycles. The Kier molecular flexibility index (Phi) is 13.0. The molecule has 3 saturated heterocycles. The first kappa shape index (κ1) is 45.5. The zero-order chi connectivity index (χ0) is 43.3. The number of halogens is 5. The fourth-order valence-electron chi connectivity index (χ4n) is 8.77. The van der Waals surface area contributed by atoms with Gasteiger partial charge in [-0.3, -0.25) is 34.3 Å². The number of aryl methyl sites for hydroxylation is 1. The van der Waals surface area contributed by atoms with Crippen molar-refractivity contribution in [2.24, 2.45) is 11.7 Å². The van der Waals surface area contributed by atoms with Crippen LogP contribution in [0, 0.1) is 17.2 Å². The van der Waals surface area contributed by atoms with Gasteiger partial charge in [0.05, 0.1) is 24.1 Å². The largest absolute Gasteiger partial charge is 0.493 e. The van der Waals surface area contributed by atoms with E-state index in [0.717, 1.165) is 47.6 Å². The SMILES string of the molecule is CCc1cc(N2C(=S)N(c3cnc(C#N)c(C(F)(F)F)c3)C(=O)C2(C)C)ccc1OCCC1CCN(C2(C(N)=O)CC2c2cc(Cl)cc(NC3CCC(=O)NC3=O)c2)CC1.Cl. The molecule has 61 heavy (non-hydrogen) atoms. The van der Waals surface area contributed by atoms with Crippen LogP contribution in [0.5, 0.6) is 5.75 Å². The molecule has 4 fully saturated rings. The van der Waals surface area contributed by atoms with Crippen LogP contribution >= 0.6 is 36.2 Å². The van der Waals surface area contributed by atoms with Crippen molar-refractivity contribution < 1.29 is 37.1 Å². The van der Waals surface area contributed by atoms with Crippen molar-refractivity contribution in [3.8, 4) is 11.8 Å². The second-order valence-corrected chi connectivity index (χ2v) is 17.0. The van der Waals surface area contributed by atoms with Crippen LogP contribution < -0.4 is 30.9 Å². The number of nitrogens with one attached hydrogen (secondary N) is 2. The van der Waals surface area contributed by atoms with Gasteiger partial charge in [0.25, 0.3) is 5.91 Å². The number of ether oxygens (including phenoxy) is 1. The Morgan fingerprint density at radius 1 is 1.11 bits per heavy atom. The average Bonchev–Trinajstić information content (AvgIpc) is 3.93. The summed E-state index contributed by atoms with van der Waals surface area (Å²) in [5.74, 6) is -0.780. The molecule has 4 aliphatic rings. The van der Waals surface area contributed by atoms with Crippen LogP contribution in [0.1, 0.15) is 87.6 Å². The molecular weight excluding hydrogens is 856 g/mol. The lowest BCUT2D eigenvalue weighted by molar-refractivity contribution is -0.138. The van der Waals surface area contributed by atoms with Crippen LogP contribution in [0.4, 0.5) is 30.2 Å². The maximum absolute atomic E-state index is 13.8. The Hall–Kier alpha value is -5.02. The summed E-state index contributed by atoms with van der Waals surface area (Å²) in [6.07, 6.45) is 0.385. The predicted octanol–water partition coefficient (Wildman–Crippen LogP) is 6.64. The molecule has 0 spiro atoms. The molecule has 1 saturated carbocycles. The Morgan fingerprint density at radius 3 is 2.48 bits per heavy atom. The number of likely N-dealkylation sites (tertiary alicyclic amines) is 1. The van der Waals surface area contributed by atoms with Gasteiger partial charge in [-0.2, -0.15) is 18.4 Å². The maximum atomic E-state index is 13.8. The minimum atomic E-state index is -4.86. The summed E-state index contributed by atoms with van der Waals surface area (Å²) in [5, 5.41) is 15.2. The summed E-state index contributed by atoms with van der Waals surface area (Å²) < 4.78 is 47.6. The Balaban J connectivity index is 0.00000622. The number of carbonyl (C=O) groups excluding carboxylic acids is 4. The van der Waals surface area contributed by atoms with Gasteiger partial charge >= 0.3 is 6.18 Å². The van der Waals surface area contributed by atoms with Crippen molar-refractivity contribution >= 4 is 82.0 Å². The monoisotopic (exact) mass is 900 g/mol. The summed E-state index contributed by atoms with van der Waals surface area (Å²) in [6, 6.07) is 12.5. The van der Waals surface area contributed by atoms with Crippen molar-refractivity contribution in [1.82, 2.24) is 15.2 Å². The predicted molar refractivity (Wildman–Crippen MR) is 229 cm³/mol. The van der Waals surface area contributed by atoms with Crippen molar-refractivity contribution in [2.45, 2.75) is 94.9 Å². The second-order valence-electron chi connectivity index (χ2n) is 16.2. The number of hydrogen-bond acceptors (Lipinski definition) is 10. The van der Waals surface area contributed by atoms with Gasteiger partial charge in [0.15, 0.2) is 10.8 Å². The van der Waals surface area contributed by atoms with Gasteiger partial charge < -0.3 is 20.7 Å². The molecule has 0 bridgehead atoms. The molecule has 4 heterocycles. The standard InChI is InChI=1S/C42H44ClF3N8O5S.ClH/c1-4-24-17-28(54-39(60)53(38(58)40(54,2)3)29-19-30(42(44,45)46)33(21-47)49-22-29)5-7-34(24)59-14-11-23-9-12-52(13-10-23)41(37(48)57)20-31(41)25-15-26(43)18-27(16-25)50-32-6-8-35(55)51-36(32)56;/h5,7,15-19,22-23,31-32,50H,4,6,8-14,20H2,1-3H3,(H2,48,57)(H,51,55,56);1H. The molecule has 1 aliphatic carbocycles. The quantitative estimate of drug-likeness (QED) is 0.132. The summed E-state index contributed by atoms with van der Waals surface area (Å²) in [5.41, 5.74) is 4.64. The van der Waals surface area contributed by atoms with Crippen LogP contribution in [0.15, 0.2) is 48.7 Å². The third-order valence-corrected chi connectivity index (χ3v) is 12.7. The number of aromatic nitrogens is 1. The molecule has 3 unspecified atom stereocenters. The van der Waals surface area contributed by atoms with Gasteiger partial charge in [-0.25, -0.2) is 4.98 Å². The zero-order valence-electron chi connectivity index (χ0n) is 33.6. The molecule has 4 amide bonds. The lowest BCUT2D eigenvalue weighted by Gasteiger charge is -2.37. The Bertz CT molecular complexity index is 2320. The number of nitrogens with zero attached hydrogens (tertiary/aromatic N) is 5. The number of anilines is 3. The van der Waals surface area contributed by atoms with E-state index in [9.17, 15) is 37.6 Å². The number of pyridine rings is 1. The highest BCUT2D eigenvalue weighted by atomic mass is 35.5. The van der Waals surface area contributed by atoms with Crippen LogP contribution in [0.2, 0.25) is 5.02 Å². The number of primary amides is 1. The van der Waals surface area contributed by atoms with Gasteiger partial charge in [0.1, 0.15) is 28.9 Å². The Labute approximate surface area is 367 Å². The molecule has 3 atom stereocenters. The van der Waals surface area contributed by atoms with Crippen molar-refractivity contribution in [3.05, 3.63) is 76.1 Å². The van der Waals surface area contributed by atoms with Gasteiger partial charge in [-0.05, 0) is 137 Å². The Morgan fingerprint density at radius 2 is 1.84 bits per heavy atom. The van der Waals surface area contributed by atoms with Crippen molar-refractivity contribution in [3.63, 3.8) is 0 Å². The highest BCUT2D eigenvalue weighted by Crippen LogP contribution is 2.57. The van der Waals surface area contributed by atoms with Crippen LogP contribution in [0.3, 0.4) is 0 Å². The van der Waals surface area contributed by atoms with Gasteiger partial charge in [-0.1, -0.05) is 18.5 Å². The third kappa shape index (κ3) is 8.73. The molecule has 1 aromatic heterocycles. The number of piperidine rings is 2. The molecule has 324 valence electrons. The minimum absolute atomic E-state index is 0. The highest BCUT2D eigenvalue weighted by molar-refractivity contribution is 7.81. The highest BCUT2D eigenvalue weighted by Gasteiger charge is 2.63. The maximum Gasteiger partial charge on any atom is 0.419 e. The van der Waals surface area contributed by atoms with Gasteiger partial charge in [-0.15, -0.1) is 12.4 Å². The second kappa shape index (κ2) is 17.4. The normalized spacial score (nSPS) is 23.0. The first-order chi connectivity index (χ1) is 28.4. The number of thiocarbonyl (C=S) groups is 1. The number of benzene rings is 2. The molecule has 4 N–H and O–H groups in total. The first-order valence-corrected chi connectivity index (χ1v) is 20.5. The molecule has 7 rings (SSSR count). The van der Waals surface area contributed by atoms with E-state index in [4.69, 9.17) is 34.3 Å². The average molecular weight is 902 g/mol. The fraction of sp³-hybridized carbons (Fsp3) is 0.452. The number of nitriles is 1. The lowest BCUT2D eigenvalue weighted by atomic mass is 9.91. The van der Waals surface area contributed by atoms with E-state index in [1.807, 2.05) is 25.1 Å². The number of alkyl halides is 3. The summed E-state index contributed by atoms with van der Waals surface area (Å²) in [7, 11) is 0. The number of hydrogen-bond donors (Lipinski definition) is 3. The fourth-order valence-corrected chi connectivity index (χ4v) is 9.53. The number of nitrogens with two attached hydrogens (primary N) is 1. The number of amides is 4. The van der Waals surface area contributed by atoms with E-state index in [2.05, 4.69) is 20.5 Å². The van der Waals surface area contributed by atoms with Crippen LogP contribution in [0.25, 0.3) is 0 Å². The topological polar surface area (TPSA) is 174 Å². The third-order valence-electron chi connectivity index (χ3n) is 12.1. The summed E-state index contributed by atoms with van der Waals surface area (Å²) >= 11 is 12.2. The van der Waals surface area contributed by atoms with E-state index >= 15 is 0 Å². The molecule has 13 nitrogen and oxygen atoms in total. The summed E-state index contributed by atoms with van der Waals surface area (Å²) in [4.78, 5) is 59.2. The molecule has 3 aromatic rings. The van der Waals surface area contributed by atoms with E-state index in [1.54, 1.807) is 36.9 Å². The zero-order valence-corrected chi connectivity index (χ0v) is 36.0. The molecular formula is C42H45Cl2F3N8O5S. The van der Waals surface area contributed by atoms with E-state index in [0.29, 0.717) is 67.0 Å².